The number of nitrogens with zero attached hydrogens (tertiary/aromatic N) is 5. The molecule has 3 heterocycles. The summed E-state index contributed by atoms with van der Waals surface area (Å²) in [7, 11) is 1.66. The smallest absolute Gasteiger partial charge is 0.319 e. The highest BCUT2D eigenvalue weighted by atomic mass is 127. The minimum atomic E-state index is -2.61. The topological polar surface area (TPSA) is 67.6 Å². The van der Waals surface area contributed by atoms with Gasteiger partial charge in [-0.1, -0.05) is 6.07 Å². The summed E-state index contributed by atoms with van der Waals surface area (Å²) in [6.45, 7) is -1.02. The fraction of sp³-hybridized carbons (Fsp3) is 0.438. The zero-order valence-corrected chi connectivity index (χ0v) is 16.6. The second kappa shape index (κ2) is 9.64. The van der Waals surface area contributed by atoms with Gasteiger partial charge in [-0.25, -0.2) is 9.97 Å². The van der Waals surface area contributed by atoms with Crippen molar-refractivity contribution < 1.29 is 13.5 Å². The molecule has 1 unspecified atom stereocenters. The van der Waals surface area contributed by atoms with Crippen molar-refractivity contribution in [3.8, 4) is 5.88 Å². The fourth-order valence-electron chi connectivity index (χ4n) is 2.75. The van der Waals surface area contributed by atoms with Crippen molar-refractivity contribution in [1.82, 2.24) is 24.8 Å². The van der Waals surface area contributed by atoms with Crippen molar-refractivity contribution in [3.63, 3.8) is 0 Å². The van der Waals surface area contributed by atoms with E-state index in [1.54, 1.807) is 13.2 Å². The fourth-order valence-corrected chi connectivity index (χ4v) is 2.75. The maximum atomic E-state index is 12.9. The van der Waals surface area contributed by atoms with E-state index in [9.17, 15) is 8.78 Å². The number of ether oxygens (including phenoxy) is 1. The van der Waals surface area contributed by atoms with Crippen molar-refractivity contribution in [2.24, 2.45) is 4.99 Å². The van der Waals surface area contributed by atoms with Crippen LogP contribution in [0.25, 0.3) is 0 Å². The van der Waals surface area contributed by atoms with E-state index in [0.29, 0.717) is 18.4 Å². The molecule has 1 atom stereocenters. The molecular formula is C16H21F2IN6O. The van der Waals surface area contributed by atoms with Gasteiger partial charge in [-0.3, -0.25) is 9.56 Å². The van der Waals surface area contributed by atoms with Crippen LogP contribution in [0.5, 0.6) is 5.88 Å². The molecule has 7 nitrogen and oxygen atoms in total. The van der Waals surface area contributed by atoms with E-state index in [2.05, 4.69) is 20.3 Å². The summed E-state index contributed by atoms with van der Waals surface area (Å²) < 4.78 is 32.4. The summed E-state index contributed by atoms with van der Waals surface area (Å²) >= 11 is 0. The molecule has 1 aliphatic rings. The maximum absolute atomic E-state index is 12.9. The van der Waals surface area contributed by atoms with E-state index in [-0.39, 0.29) is 42.4 Å². The number of nitrogens with one attached hydrogen (secondary N) is 1. The molecule has 1 saturated heterocycles. The Hall–Kier alpha value is -1.98. The molecule has 0 amide bonds. The van der Waals surface area contributed by atoms with Gasteiger partial charge in [0.1, 0.15) is 11.9 Å². The van der Waals surface area contributed by atoms with Gasteiger partial charge in [-0.05, 0) is 6.07 Å². The second-order valence-electron chi connectivity index (χ2n) is 5.57. The van der Waals surface area contributed by atoms with E-state index in [1.165, 1.54) is 12.4 Å². The Balaban J connectivity index is 0.00000243. The summed E-state index contributed by atoms with van der Waals surface area (Å²) in [5.41, 5.74) is 0. The highest BCUT2D eigenvalue weighted by Crippen LogP contribution is 2.16. The quantitative estimate of drug-likeness (QED) is 0.407. The first-order valence-corrected chi connectivity index (χ1v) is 8.00. The summed E-state index contributed by atoms with van der Waals surface area (Å²) in [5.74, 6) is 1.49. The summed E-state index contributed by atoms with van der Waals surface area (Å²) in [5, 5.41) is 3.08. The molecular weight excluding hydrogens is 457 g/mol. The van der Waals surface area contributed by atoms with Crippen LogP contribution in [0.4, 0.5) is 8.78 Å². The number of hydrogen-bond donors (Lipinski definition) is 1. The summed E-state index contributed by atoms with van der Waals surface area (Å²) in [4.78, 5) is 14.4. The number of halogens is 3. The summed E-state index contributed by atoms with van der Waals surface area (Å²) in [6, 6.07) is 5.53. The van der Waals surface area contributed by atoms with Gasteiger partial charge in [0.25, 0.3) is 0 Å². The molecule has 1 fully saturated rings. The molecule has 26 heavy (non-hydrogen) atoms. The number of imidazole rings is 1. The van der Waals surface area contributed by atoms with Crippen LogP contribution < -0.4 is 10.1 Å². The molecule has 0 aliphatic carbocycles. The molecule has 2 aromatic heterocycles. The van der Waals surface area contributed by atoms with Crippen molar-refractivity contribution in [2.75, 3.05) is 20.1 Å². The molecule has 142 valence electrons. The Bertz CT molecular complexity index is 712. The lowest BCUT2D eigenvalue weighted by Gasteiger charge is -2.21. The molecule has 3 rings (SSSR count). The maximum Gasteiger partial charge on any atom is 0.319 e. The molecule has 10 heteroatoms. The van der Waals surface area contributed by atoms with Crippen molar-refractivity contribution in [1.29, 1.82) is 0 Å². The molecule has 2 aromatic rings. The van der Waals surface area contributed by atoms with E-state index in [0.717, 1.165) is 17.5 Å². The Kier molecular flexibility index (Phi) is 7.54. The first kappa shape index (κ1) is 20.3. The van der Waals surface area contributed by atoms with Crippen LogP contribution in [0.3, 0.4) is 0 Å². The molecule has 0 spiro atoms. The van der Waals surface area contributed by atoms with Gasteiger partial charge in [0, 0.05) is 44.7 Å². The number of aliphatic imine (C=N–C) groups is 1. The van der Waals surface area contributed by atoms with E-state index < -0.39 is 6.55 Å². The van der Waals surface area contributed by atoms with Crippen molar-refractivity contribution >= 4 is 29.9 Å². The van der Waals surface area contributed by atoms with Crippen LogP contribution in [-0.2, 0) is 6.54 Å². The molecule has 0 saturated carbocycles. The lowest BCUT2D eigenvalue weighted by Crippen LogP contribution is -2.41. The molecule has 0 aromatic carbocycles. The van der Waals surface area contributed by atoms with Crippen molar-refractivity contribution in [2.45, 2.75) is 25.6 Å². The van der Waals surface area contributed by atoms with Gasteiger partial charge in [-0.15, -0.1) is 24.0 Å². The van der Waals surface area contributed by atoms with E-state index in [4.69, 9.17) is 4.74 Å². The Labute approximate surface area is 167 Å². The standard InChI is InChI=1S/C16H20F2N6O.HI/c1-19-16(22-10-13-20-7-9-24(13)15(17)18)23-8-5-12(11-23)25-14-4-2-3-6-21-14;/h2-4,6-7,9,12,15H,5,8,10-11H2,1H3,(H,19,22);1H. The summed E-state index contributed by atoms with van der Waals surface area (Å²) in [6.07, 6.45) is 5.16. The number of pyridine rings is 1. The van der Waals surface area contributed by atoms with Crippen LogP contribution in [0.2, 0.25) is 0 Å². The van der Waals surface area contributed by atoms with Gasteiger partial charge < -0.3 is 15.0 Å². The molecule has 1 N–H and O–H groups in total. The van der Waals surface area contributed by atoms with E-state index >= 15 is 0 Å². The van der Waals surface area contributed by atoms with Gasteiger partial charge in [-0.2, -0.15) is 8.78 Å². The Morgan fingerprint density at radius 3 is 2.92 bits per heavy atom. The number of guanidine groups is 1. The van der Waals surface area contributed by atoms with Crippen LogP contribution in [0, 0.1) is 0 Å². The first-order valence-electron chi connectivity index (χ1n) is 8.00. The van der Waals surface area contributed by atoms with Crippen LogP contribution >= 0.6 is 24.0 Å². The largest absolute Gasteiger partial charge is 0.472 e. The second-order valence-corrected chi connectivity index (χ2v) is 5.57. The molecule has 1 aliphatic heterocycles. The monoisotopic (exact) mass is 478 g/mol. The number of likely N-dealkylation sites (tertiary alicyclic amines) is 1. The van der Waals surface area contributed by atoms with Crippen LogP contribution in [0.15, 0.2) is 41.8 Å². The zero-order chi connectivity index (χ0) is 17.6. The third-order valence-corrected chi connectivity index (χ3v) is 3.95. The van der Waals surface area contributed by atoms with Crippen LogP contribution in [-0.4, -0.2) is 51.6 Å². The Morgan fingerprint density at radius 2 is 2.23 bits per heavy atom. The SMILES string of the molecule is CN=C(NCc1nccn1C(F)F)N1CCC(Oc2ccccn2)C1.I. The van der Waals surface area contributed by atoms with E-state index in [1.807, 2.05) is 23.1 Å². The lowest BCUT2D eigenvalue weighted by atomic mass is 10.3. The first-order chi connectivity index (χ1) is 12.2. The average Bonchev–Trinajstić information content (AvgIpc) is 3.26. The minimum absolute atomic E-state index is 0. The zero-order valence-electron chi connectivity index (χ0n) is 14.3. The number of hydrogen-bond acceptors (Lipinski definition) is 4. The molecule has 0 radical (unpaired) electrons. The van der Waals surface area contributed by atoms with Gasteiger partial charge in [0.2, 0.25) is 5.88 Å². The molecule has 0 bridgehead atoms. The predicted octanol–water partition coefficient (Wildman–Crippen LogP) is 2.52. The average molecular weight is 478 g/mol. The lowest BCUT2D eigenvalue weighted by molar-refractivity contribution is 0.0668. The Morgan fingerprint density at radius 1 is 1.38 bits per heavy atom. The highest BCUT2D eigenvalue weighted by Gasteiger charge is 2.26. The highest BCUT2D eigenvalue weighted by molar-refractivity contribution is 14.0. The van der Waals surface area contributed by atoms with Crippen LogP contribution in [0.1, 0.15) is 18.8 Å². The number of alkyl halides is 2. The van der Waals surface area contributed by atoms with Crippen molar-refractivity contribution in [3.05, 3.63) is 42.6 Å². The predicted molar refractivity (Wildman–Crippen MR) is 104 cm³/mol. The van der Waals surface area contributed by atoms with Gasteiger partial charge >= 0.3 is 6.55 Å². The third kappa shape index (κ3) is 5.02. The normalized spacial score (nSPS) is 17.3. The van der Waals surface area contributed by atoms with Gasteiger partial charge in [0.15, 0.2) is 5.96 Å². The number of rotatable bonds is 5. The minimum Gasteiger partial charge on any atom is -0.472 e. The number of aromatic nitrogens is 3. The third-order valence-electron chi connectivity index (χ3n) is 3.95. The van der Waals surface area contributed by atoms with Gasteiger partial charge in [0.05, 0.1) is 13.1 Å².